The molecule has 0 atom stereocenters. The molecule has 0 unspecified atom stereocenters. The molecule has 0 spiro atoms. The Kier molecular flexibility index (Phi) is 2.99. The molecule has 0 saturated heterocycles. The maximum atomic E-state index is 11.7. The lowest BCUT2D eigenvalue weighted by Crippen LogP contribution is -2.28. The van der Waals surface area contributed by atoms with Gasteiger partial charge >= 0.3 is 12.1 Å². The predicted octanol–water partition coefficient (Wildman–Crippen LogP) is 1.90. The van der Waals surface area contributed by atoms with Crippen LogP contribution in [0.1, 0.15) is 22.8 Å². The van der Waals surface area contributed by atoms with Gasteiger partial charge in [-0.15, -0.1) is 0 Å². The molecule has 90 valence electrons. The number of carbonyl (C=O) groups is 2. The van der Waals surface area contributed by atoms with E-state index in [1.54, 1.807) is 19.1 Å². The number of carboxylic acid groups (broad SMARTS) is 1. The second-order valence-electron chi connectivity index (χ2n) is 3.72. The maximum absolute atomic E-state index is 11.7. The molecular weight excluding hydrogens is 222 g/mol. The van der Waals surface area contributed by atoms with E-state index in [2.05, 4.69) is 0 Å². The van der Waals surface area contributed by atoms with Gasteiger partial charge in [-0.2, -0.15) is 0 Å². The van der Waals surface area contributed by atoms with E-state index >= 15 is 0 Å². The normalized spacial score (nSPS) is 13.4. The third-order valence-corrected chi connectivity index (χ3v) is 2.72. The molecule has 1 aliphatic heterocycles. The fourth-order valence-electron chi connectivity index (χ4n) is 2.02. The first-order valence-electron chi connectivity index (χ1n) is 5.44. The van der Waals surface area contributed by atoms with E-state index in [9.17, 15) is 9.59 Å². The number of fused-ring (bicyclic) bond motifs is 1. The molecule has 1 aromatic rings. The number of nitrogens with zero attached hydrogens (tertiary/aromatic N) is 1. The molecule has 0 aromatic heterocycles. The van der Waals surface area contributed by atoms with Gasteiger partial charge in [0.05, 0.1) is 17.9 Å². The summed E-state index contributed by atoms with van der Waals surface area (Å²) in [5.41, 5.74) is 1.67. The van der Waals surface area contributed by atoms with E-state index in [1.807, 2.05) is 6.07 Å². The Morgan fingerprint density at radius 2 is 2.24 bits per heavy atom. The smallest absolute Gasteiger partial charge is 0.411 e. The minimum absolute atomic E-state index is 0.273. The lowest BCUT2D eigenvalue weighted by atomic mass is 10.1. The van der Waals surface area contributed by atoms with Gasteiger partial charge in [-0.3, -0.25) is 4.90 Å². The second-order valence-corrected chi connectivity index (χ2v) is 3.72. The van der Waals surface area contributed by atoms with Crippen molar-refractivity contribution in [2.24, 2.45) is 0 Å². The Hall–Kier alpha value is -2.04. The molecule has 1 aliphatic rings. The Morgan fingerprint density at radius 1 is 1.47 bits per heavy atom. The predicted molar refractivity (Wildman–Crippen MR) is 61.5 cm³/mol. The first-order valence-corrected chi connectivity index (χ1v) is 5.44. The number of para-hydroxylation sites is 1. The second kappa shape index (κ2) is 4.45. The van der Waals surface area contributed by atoms with Crippen LogP contribution < -0.4 is 4.90 Å². The zero-order valence-electron chi connectivity index (χ0n) is 9.47. The summed E-state index contributed by atoms with van der Waals surface area (Å²) >= 11 is 0. The average molecular weight is 235 g/mol. The highest BCUT2D eigenvalue weighted by atomic mass is 16.5. The number of esters is 1. The number of hydrogen-bond donors (Lipinski definition) is 1. The van der Waals surface area contributed by atoms with Crippen LogP contribution in [0.2, 0.25) is 0 Å². The highest BCUT2D eigenvalue weighted by Crippen LogP contribution is 2.32. The first-order chi connectivity index (χ1) is 8.15. The van der Waals surface area contributed by atoms with Crippen LogP contribution in [0.4, 0.5) is 10.5 Å². The minimum atomic E-state index is -1.04. The summed E-state index contributed by atoms with van der Waals surface area (Å²) in [6.07, 6.45) is -0.407. The summed E-state index contributed by atoms with van der Waals surface area (Å²) in [4.78, 5) is 24.0. The molecule has 1 N–H and O–H groups in total. The van der Waals surface area contributed by atoms with Crippen molar-refractivity contribution in [1.29, 1.82) is 0 Å². The lowest BCUT2D eigenvalue weighted by molar-refractivity contribution is 0.0527. The molecule has 5 heteroatoms. The Balaban J connectivity index is 2.45. The van der Waals surface area contributed by atoms with Gasteiger partial charge in [-0.25, -0.2) is 9.59 Å². The average Bonchev–Trinajstić information content (AvgIpc) is 2.72. The van der Waals surface area contributed by atoms with Gasteiger partial charge < -0.3 is 9.84 Å². The van der Waals surface area contributed by atoms with Crippen molar-refractivity contribution in [3.8, 4) is 0 Å². The third kappa shape index (κ3) is 1.95. The Bertz CT molecular complexity index is 470. The van der Waals surface area contributed by atoms with Crippen molar-refractivity contribution in [3.63, 3.8) is 0 Å². The van der Waals surface area contributed by atoms with Gasteiger partial charge in [0.15, 0.2) is 0 Å². The van der Waals surface area contributed by atoms with E-state index in [4.69, 9.17) is 9.84 Å². The van der Waals surface area contributed by atoms with Crippen molar-refractivity contribution < 1.29 is 19.4 Å². The zero-order valence-corrected chi connectivity index (χ0v) is 9.47. The van der Waals surface area contributed by atoms with E-state index < -0.39 is 12.1 Å². The molecule has 5 nitrogen and oxygen atoms in total. The molecule has 1 amide bonds. The molecule has 17 heavy (non-hydrogen) atoms. The molecular formula is C12H13NO4. The summed E-state index contributed by atoms with van der Waals surface area (Å²) in [5, 5.41) is 9.07. The van der Waals surface area contributed by atoms with Gasteiger partial charge in [0, 0.05) is 6.54 Å². The number of anilines is 1. The van der Waals surface area contributed by atoms with Crippen molar-refractivity contribution in [2.75, 3.05) is 18.1 Å². The van der Waals surface area contributed by atoms with Crippen molar-refractivity contribution in [1.82, 2.24) is 0 Å². The van der Waals surface area contributed by atoms with Crippen molar-refractivity contribution in [2.45, 2.75) is 13.3 Å². The van der Waals surface area contributed by atoms with Crippen LogP contribution in [0.25, 0.3) is 0 Å². The number of carbonyl (C=O) groups excluding carboxylic acids is 1. The van der Waals surface area contributed by atoms with Crippen LogP contribution in [-0.2, 0) is 11.2 Å². The zero-order chi connectivity index (χ0) is 12.4. The largest absolute Gasteiger partial charge is 0.465 e. The van der Waals surface area contributed by atoms with E-state index in [1.165, 1.54) is 4.90 Å². The summed E-state index contributed by atoms with van der Waals surface area (Å²) in [7, 11) is 0. The third-order valence-electron chi connectivity index (χ3n) is 2.72. The van der Waals surface area contributed by atoms with Gasteiger partial charge in [-0.05, 0) is 25.0 Å². The molecule has 0 fully saturated rings. The van der Waals surface area contributed by atoms with Crippen LogP contribution in [-0.4, -0.2) is 30.3 Å². The Labute approximate surface area is 98.6 Å². The highest BCUT2D eigenvalue weighted by molar-refractivity contribution is 6.02. The summed E-state index contributed by atoms with van der Waals surface area (Å²) < 4.78 is 4.92. The van der Waals surface area contributed by atoms with Gasteiger partial charge in [0.2, 0.25) is 0 Å². The number of ether oxygens (including phenoxy) is 1. The topological polar surface area (TPSA) is 66.8 Å². The first kappa shape index (κ1) is 11.4. The molecule has 0 saturated carbocycles. The SMILES string of the molecule is CCOC(=O)c1cccc2c1N(C(=O)O)CC2. The van der Waals surface area contributed by atoms with Crippen LogP contribution in [0.3, 0.4) is 0 Å². The molecule has 0 radical (unpaired) electrons. The monoisotopic (exact) mass is 235 g/mol. The molecule has 1 aromatic carbocycles. The standard InChI is InChI=1S/C12H13NO4/c1-2-17-11(14)9-5-3-4-8-6-7-13(10(8)9)12(15)16/h3-5H,2,6-7H2,1H3,(H,15,16). The summed E-state index contributed by atoms with van der Waals surface area (Å²) in [6.45, 7) is 2.38. The molecule has 1 heterocycles. The minimum Gasteiger partial charge on any atom is -0.465 e. The summed E-state index contributed by atoms with van der Waals surface area (Å²) in [5.74, 6) is -0.475. The molecule has 0 bridgehead atoms. The van der Waals surface area contributed by atoms with Gasteiger partial charge in [0.25, 0.3) is 0 Å². The number of hydrogen-bond acceptors (Lipinski definition) is 3. The highest BCUT2D eigenvalue weighted by Gasteiger charge is 2.29. The fraction of sp³-hybridized carbons (Fsp3) is 0.333. The number of rotatable bonds is 2. The maximum Gasteiger partial charge on any atom is 0.411 e. The van der Waals surface area contributed by atoms with E-state index in [0.29, 0.717) is 24.2 Å². The van der Waals surface area contributed by atoms with E-state index in [0.717, 1.165) is 5.56 Å². The molecule has 2 rings (SSSR count). The van der Waals surface area contributed by atoms with E-state index in [-0.39, 0.29) is 6.61 Å². The fourth-order valence-corrected chi connectivity index (χ4v) is 2.02. The Morgan fingerprint density at radius 3 is 2.88 bits per heavy atom. The van der Waals surface area contributed by atoms with Gasteiger partial charge in [-0.1, -0.05) is 12.1 Å². The van der Waals surface area contributed by atoms with Crippen LogP contribution in [0, 0.1) is 0 Å². The number of benzene rings is 1. The van der Waals surface area contributed by atoms with Gasteiger partial charge in [0.1, 0.15) is 0 Å². The van der Waals surface area contributed by atoms with Crippen LogP contribution in [0.15, 0.2) is 18.2 Å². The van der Waals surface area contributed by atoms with Crippen LogP contribution in [0.5, 0.6) is 0 Å². The summed E-state index contributed by atoms with van der Waals surface area (Å²) in [6, 6.07) is 5.18. The lowest BCUT2D eigenvalue weighted by Gasteiger charge is -2.15. The van der Waals surface area contributed by atoms with Crippen LogP contribution >= 0.6 is 0 Å². The van der Waals surface area contributed by atoms with Crippen molar-refractivity contribution >= 4 is 17.7 Å². The quantitative estimate of drug-likeness (QED) is 0.795. The number of amides is 1. The molecule has 0 aliphatic carbocycles. The van der Waals surface area contributed by atoms with Crippen molar-refractivity contribution in [3.05, 3.63) is 29.3 Å².